The Kier molecular flexibility index (Phi) is 5.05. The fraction of sp³-hybridized carbons (Fsp3) is 0.875. The average molecular weight is 187 g/mol. The minimum Gasteiger partial charge on any atom is -0.396 e. The summed E-state index contributed by atoms with van der Waals surface area (Å²) in [4.78, 5) is 13.4. The van der Waals surface area contributed by atoms with E-state index in [-0.39, 0.29) is 6.23 Å². The predicted octanol–water partition coefficient (Wildman–Crippen LogP) is 2.30. The number of carbonyl (C=O) groups excluding carboxylic acids is 1. The van der Waals surface area contributed by atoms with E-state index in [9.17, 15) is 4.79 Å². The molecular weight excluding hydrogens is 170 g/mol. The van der Waals surface area contributed by atoms with E-state index >= 15 is 0 Å². The molecule has 0 aliphatic rings. The summed E-state index contributed by atoms with van der Waals surface area (Å²) in [6.45, 7) is 8.17. The minimum atomic E-state index is -1.58. The Hall–Kier alpha value is -0.443. The molecule has 0 spiro atoms. The van der Waals surface area contributed by atoms with Gasteiger partial charge in [0.05, 0.1) is 0 Å². The van der Waals surface area contributed by atoms with Gasteiger partial charge in [-0.25, -0.2) is 4.79 Å². The summed E-state index contributed by atoms with van der Waals surface area (Å²) in [5, 5.41) is 0. The normalized spacial score (nSPS) is 13.7. The second-order valence-corrected chi connectivity index (χ2v) is 7.70. The van der Waals surface area contributed by atoms with Crippen LogP contribution in [-0.4, -0.2) is 20.6 Å². The summed E-state index contributed by atoms with van der Waals surface area (Å²) in [5.74, 6) is 0. The van der Waals surface area contributed by atoms with Crippen LogP contribution in [0.15, 0.2) is 4.99 Å². The highest BCUT2D eigenvalue weighted by molar-refractivity contribution is 6.71. The molecular formula is C8H17NO2Si. The zero-order valence-electron chi connectivity index (χ0n) is 8.26. The predicted molar refractivity (Wildman–Crippen MR) is 51.2 cm³/mol. The van der Waals surface area contributed by atoms with Crippen molar-refractivity contribution < 1.29 is 9.22 Å². The van der Waals surface area contributed by atoms with Gasteiger partial charge in [-0.05, 0) is 26.1 Å². The van der Waals surface area contributed by atoms with Crippen LogP contribution in [0.4, 0.5) is 0 Å². The molecule has 1 unspecified atom stereocenters. The Morgan fingerprint density at radius 2 is 2.17 bits per heavy atom. The molecule has 0 amide bonds. The SMILES string of the molecule is CCC[Si](C)(C)OC(C)N=C=O. The zero-order valence-corrected chi connectivity index (χ0v) is 9.26. The maximum Gasteiger partial charge on any atom is 0.237 e. The minimum absolute atomic E-state index is 0.323. The molecule has 0 aliphatic heterocycles. The monoisotopic (exact) mass is 187 g/mol. The Balaban J connectivity index is 3.95. The molecule has 0 N–H and O–H groups in total. The lowest BCUT2D eigenvalue weighted by Crippen LogP contribution is -2.33. The van der Waals surface area contributed by atoms with Crippen molar-refractivity contribution in [3.8, 4) is 0 Å². The number of nitrogens with zero attached hydrogens (tertiary/aromatic N) is 1. The molecule has 0 fully saturated rings. The third-order valence-electron chi connectivity index (χ3n) is 1.58. The molecule has 0 saturated carbocycles. The van der Waals surface area contributed by atoms with Gasteiger partial charge in [-0.2, -0.15) is 4.99 Å². The molecule has 0 aromatic carbocycles. The van der Waals surface area contributed by atoms with Gasteiger partial charge in [0.1, 0.15) is 6.23 Å². The van der Waals surface area contributed by atoms with Gasteiger partial charge in [-0.3, -0.25) is 0 Å². The third kappa shape index (κ3) is 5.24. The van der Waals surface area contributed by atoms with E-state index in [1.807, 2.05) is 0 Å². The van der Waals surface area contributed by atoms with Crippen molar-refractivity contribution in [2.75, 3.05) is 0 Å². The van der Waals surface area contributed by atoms with Crippen molar-refractivity contribution in [3.63, 3.8) is 0 Å². The molecule has 4 heteroatoms. The summed E-state index contributed by atoms with van der Waals surface area (Å²) < 4.78 is 5.63. The zero-order chi connectivity index (χ0) is 9.61. The highest BCUT2D eigenvalue weighted by Gasteiger charge is 2.23. The number of isocyanates is 1. The van der Waals surface area contributed by atoms with Crippen molar-refractivity contribution in [1.82, 2.24) is 0 Å². The van der Waals surface area contributed by atoms with Crippen molar-refractivity contribution >= 4 is 14.4 Å². The largest absolute Gasteiger partial charge is 0.396 e. The van der Waals surface area contributed by atoms with Crippen LogP contribution < -0.4 is 0 Å². The van der Waals surface area contributed by atoms with E-state index in [2.05, 4.69) is 25.0 Å². The average Bonchev–Trinajstić information content (AvgIpc) is 1.85. The van der Waals surface area contributed by atoms with Gasteiger partial charge in [0.25, 0.3) is 0 Å². The number of hydrogen-bond donors (Lipinski definition) is 0. The van der Waals surface area contributed by atoms with Crippen LogP contribution in [0.25, 0.3) is 0 Å². The van der Waals surface area contributed by atoms with Crippen LogP contribution >= 0.6 is 0 Å². The molecule has 0 aliphatic carbocycles. The molecule has 0 aromatic rings. The lowest BCUT2D eigenvalue weighted by molar-refractivity contribution is 0.220. The van der Waals surface area contributed by atoms with E-state index in [4.69, 9.17) is 4.43 Å². The summed E-state index contributed by atoms with van der Waals surface area (Å²) in [6.07, 6.45) is 2.30. The Labute approximate surface area is 75.0 Å². The first-order valence-corrected chi connectivity index (χ1v) is 7.38. The highest BCUT2D eigenvalue weighted by Crippen LogP contribution is 2.15. The Morgan fingerprint density at radius 3 is 2.58 bits per heavy atom. The molecule has 0 radical (unpaired) electrons. The van der Waals surface area contributed by atoms with E-state index in [0.29, 0.717) is 0 Å². The van der Waals surface area contributed by atoms with Crippen molar-refractivity contribution in [1.29, 1.82) is 0 Å². The van der Waals surface area contributed by atoms with Gasteiger partial charge < -0.3 is 4.43 Å². The van der Waals surface area contributed by atoms with Crippen molar-refractivity contribution in [3.05, 3.63) is 0 Å². The molecule has 0 bridgehead atoms. The highest BCUT2D eigenvalue weighted by atomic mass is 28.4. The molecule has 3 nitrogen and oxygen atoms in total. The quantitative estimate of drug-likeness (QED) is 0.376. The summed E-state index contributed by atoms with van der Waals surface area (Å²) in [6, 6.07) is 1.10. The van der Waals surface area contributed by atoms with Crippen molar-refractivity contribution in [2.45, 2.75) is 45.6 Å². The first-order valence-electron chi connectivity index (χ1n) is 4.26. The summed E-state index contributed by atoms with van der Waals surface area (Å²) >= 11 is 0. The maximum atomic E-state index is 9.90. The van der Waals surface area contributed by atoms with Crippen LogP contribution in [0.3, 0.4) is 0 Å². The van der Waals surface area contributed by atoms with Gasteiger partial charge in [0.2, 0.25) is 6.08 Å². The smallest absolute Gasteiger partial charge is 0.237 e. The van der Waals surface area contributed by atoms with Gasteiger partial charge >= 0.3 is 0 Å². The standard InChI is InChI=1S/C8H17NO2Si/c1-5-6-12(3,4)11-8(2)9-7-10/h8H,5-6H2,1-4H3. The maximum absolute atomic E-state index is 9.90. The van der Waals surface area contributed by atoms with E-state index in [1.165, 1.54) is 6.08 Å². The van der Waals surface area contributed by atoms with Gasteiger partial charge in [0, 0.05) is 0 Å². The topological polar surface area (TPSA) is 38.7 Å². The number of aliphatic imine (C=N–C) groups is 1. The Bertz CT molecular complexity index is 176. The molecule has 70 valence electrons. The van der Waals surface area contributed by atoms with E-state index in [0.717, 1.165) is 12.5 Å². The summed E-state index contributed by atoms with van der Waals surface area (Å²) in [5.41, 5.74) is 0. The first kappa shape index (κ1) is 11.6. The summed E-state index contributed by atoms with van der Waals surface area (Å²) in [7, 11) is -1.58. The van der Waals surface area contributed by atoms with Crippen LogP contribution in [0.2, 0.25) is 19.1 Å². The van der Waals surface area contributed by atoms with Gasteiger partial charge in [-0.15, -0.1) is 0 Å². The number of hydrogen-bond acceptors (Lipinski definition) is 3. The second kappa shape index (κ2) is 5.25. The van der Waals surface area contributed by atoms with Gasteiger partial charge in [-0.1, -0.05) is 13.3 Å². The van der Waals surface area contributed by atoms with E-state index in [1.54, 1.807) is 6.92 Å². The van der Waals surface area contributed by atoms with Gasteiger partial charge in [0.15, 0.2) is 8.32 Å². The molecule has 0 aromatic heterocycles. The lowest BCUT2D eigenvalue weighted by Gasteiger charge is -2.23. The fourth-order valence-corrected chi connectivity index (χ4v) is 3.52. The van der Waals surface area contributed by atoms with Crippen molar-refractivity contribution in [2.24, 2.45) is 4.99 Å². The van der Waals surface area contributed by atoms with Crippen LogP contribution in [0.5, 0.6) is 0 Å². The molecule has 12 heavy (non-hydrogen) atoms. The van der Waals surface area contributed by atoms with Crippen LogP contribution in [0.1, 0.15) is 20.3 Å². The second-order valence-electron chi connectivity index (χ2n) is 3.45. The van der Waals surface area contributed by atoms with E-state index < -0.39 is 8.32 Å². The van der Waals surface area contributed by atoms with Crippen LogP contribution in [-0.2, 0) is 9.22 Å². The fourth-order valence-electron chi connectivity index (χ4n) is 1.22. The first-order chi connectivity index (χ1) is 5.52. The third-order valence-corrected chi connectivity index (χ3v) is 4.26. The molecule has 0 rings (SSSR count). The number of rotatable bonds is 5. The molecule has 0 saturated heterocycles. The lowest BCUT2D eigenvalue weighted by atomic mass is 10.6. The van der Waals surface area contributed by atoms with Crippen LogP contribution in [0, 0.1) is 0 Å². The Morgan fingerprint density at radius 1 is 1.58 bits per heavy atom. The molecule has 0 heterocycles. The molecule has 1 atom stereocenters.